The summed E-state index contributed by atoms with van der Waals surface area (Å²) >= 11 is 0. The second-order valence-corrected chi connectivity index (χ2v) is 6.16. The summed E-state index contributed by atoms with van der Waals surface area (Å²) in [5, 5.41) is -0.779. The van der Waals surface area contributed by atoms with Gasteiger partial charge in [-0.05, 0) is 12.2 Å². The van der Waals surface area contributed by atoms with Crippen LogP contribution in [-0.4, -0.2) is 15.0 Å². The van der Waals surface area contributed by atoms with Crippen LogP contribution in [0.3, 0.4) is 0 Å². The first-order chi connectivity index (χ1) is 13.2. The van der Waals surface area contributed by atoms with Gasteiger partial charge in [0.1, 0.15) is 22.2 Å². The van der Waals surface area contributed by atoms with Crippen molar-refractivity contribution >= 4 is 12.2 Å². The normalized spacial score (nSPS) is 13.0. The molecule has 0 aliphatic rings. The van der Waals surface area contributed by atoms with Crippen LogP contribution in [0.4, 0.5) is 17.6 Å². The Hall–Kier alpha value is -3.43. The molecule has 0 radical (unpaired) electrons. The Morgan fingerprint density at radius 3 is 2.04 bits per heavy atom. The SMILES string of the molecule is CC(C)c1ocnc1/C=c1\[nH]c(=O)/c(=C/c2c(F)c(F)cc(F)c2F)[nH]c1=O. The first-order valence-electron chi connectivity index (χ1n) is 8.01. The number of nitrogens with one attached hydrogen (secondary N) is 2. The number of nitrogens with zero attached hydrogens (tertiary/aromatic N) is 1. The zero-order valence-electron chi connectivity index (χ0n) is 14.6. The second-order valence-electron chi connectivity index (χ2n) is 6.16. The van der Waals surface area contributed by atoms with Crippen LogP contribution in [-0.2, 0) is 0 Å². The standard InChI is InChI=1S/C18H13F4N3O3/c1-7(2)16-11(23-6-28-16)5-13-18(27)24-12(17(26)25-13)3-8-14(21)9(19)4-10(20)15(8)22/h3-7H,1-2H3,(H,24,27)(H,25,26)/b12-3-,13-5-. The fourth-order valence-electron chi connectivity index (χ4n) is 2.50. The number of hydrogen-bond donors (Lipinski definition) is 2. The number of aromatic nitrogens is 3. The topological polar surface area (TPSA) is 91.8 Å². The highest BCUT2D eigenvalue weighted by Crippen LogP contribution is 2.19. The predicted octanol–water partition coefficient (Wildman–Crippen LogP) is 1.39. The molecule has 0 aliphatic heterocycles. The average Bonchev–Trinajstić information content (AvgIpc) is 3.09. The van der Waals surface area contributed by atoms with Crippen molar-refractivity contribution in [2.24, 2.45) is 0 Å². The summed E-state index contributed by atoms with van der Waals surface area (Å²) in [5.41, 5.74) is -2.57. The van der Waals surface area contributed by atoms with Gasteiger partial charge in [0.2, 0.25) is 0 Å². The molecule has 2 heterocycles. The molecule has 0 bridgehead atoms. The van der Waals surface area contributed by atoms with Gasteiger partial charge in [0.15, 0.2) is 29.7 Å². The van der Waals surface area contributed by atoms with Gasteiger partial charge < -0.3 is 14.4 Å². The molecule has 10 heteroatoms. The van der Waals surface area contributed by atoms with E-state index >= 15 is 0 Å². The molecule has 0 fully saturated rings. The van der Waals surface area contributed by atoms with E-state index in [2.05, 4.69) is 15.0 Å². The van der Waals surface area contributed by atoms with E-state index in [1.54, 1.807) is 0 Å². The van der Waals surface area contributed by atoms with Gasteiger partial charge in [-0.2, -0.15) is 0 Å². The molecule has 28 heavy (non-hydrogen) atoms. The van der Waals surface area contributed by atoms with Crippen LogP contribution in [0.25, 0.3) is 12.2 Å². The van der Waals surface area contributed by atoms with E-state index in [1.165, 1.54) is 12.5 Å². The maximum Gasteiger partial charge on any atom is 0.272 e. The molecule has 0 amide bonds. The van der Waals surface area contributed by atoms with Crippen molar-refractivity contribution in [1.29, 1.82) is 0 Å². The third-order valence-corrected chi connectivity index (χ3v) is 3.85. The van der Waals surface area contributed by atoms with Gasteiger partial charge in [0, 0.05) is 12.0 Å². The number of halogens is 4. The number of aromatic amines is 2. The molecule has 0 spiro atoms. The summed E-state index contributed by atoms with van der Waals surface area (Å²) < 4.78 is 59.4. The molecule has 1 aromatic carbocycles. The Morgan fingerprint density at radius 1 is 0.964 bits per heavy atom. The van der Waals surface area contributed by atoms with Crippen molar-refractivity contribution in [3.05, 3.63) is 84.2 Å². The zero-order chi connectivity index (χ0) is 20.6. The molecule has 146 valence electrons. The molecule has 0 saturated carbocycles. The molecule has 3 aromatic rings. The molecule has 2 aromatic heterocycles. The van der Waals surface area contributed by atoms with Gasteiger partial charge in [-0.15, -0.1) is 0 Å². The fraction of sp³-hybridized carbons (Fsp3) is 0.167. The smallest absolute Gasteiger partial charge is 0.272 e. The van der Waals surface area contributed by atoms with E-state index < -0.39 is 45.3 Å². The summed E-state index contributed by atoms with van der Waals surface area (Å²) in [6.45, 7) is 3.67. The lowest BCUT2D eigenvalue weighted by atomic mass is 10.1. The number of oxazole rings is 1. The van der Waals surface area contributed by atoms with E-state index in [0.29, 0.717) is 17.5 Å². The lowest BCUT2D eigenvalue weighted by molar-refractivity contribution is 0.451. The average molecular weight is 395 g/mol. The minimum Gasteiger partial charge on any atom is -0.448 e. The van der Waals surface area contributed by atoms with Crippen molar-refractivity contribution in [3.8, 4) is 0 Å². The number of benzene rings is 1. The van der Waals surface area contributed by atoms with Crippen LogP contribution < -0.4 is 21.8 Å². The highest BCUT2D eigenvalue weighted by molar-refractivity contribution is 5.50. The van der Waals surface area contributed by atoms with E-state index in [4.69, 9.17) is 4.42 Å². The Labute approximate surface area is 153 Å². The Balaban J connectivity index is 2.21. The summed E-state index contributed by atoms with van der Waals surface area (Å²) in [5.74, 6) is -6.23. The lowest BCUT2D eigenvalue weighted by Gasteiger charge is -2.02. The highest BCUT2D eigenvalue weighted by atomic mass is 19.2. The molecule has 0 unspecified atom stereocenters. The summed E-state index contributed by atoms with van der Waals surface area (Å²) in [6.07, 6.45) is 2.96. The third kappa shape index (κ3) is 3.53. The monoisotopic (exact) mass is 395 g/mol. The molecular weight excluding hydrogens is 382 g/mol. The van der Waals surface area contributed by atoms with E-state index in [0.717, 1.165) is 0 Å². The number of H-pyrrole nitrogens is 2. The quantitative estimate of drug-likeness (QED) is 0.518. The van der Waals surface area contributed by atoms with Gasteiger partial charge in [-0.3, -0.25) is 9.59 Å². The molecule has 0 saturated heterocycles. The zero-order valence-corrected chi connectivity index (χ0v) is 14.6. The lowest BCUT2D eigenvalue weighted by Crippen LogP contribution is -2.46. The first-order valence-corrected chi connectivity index (χ1v) is 8.01. The van der Waals surface area contributed by atoms with Crippen LogP contribution >= 0.6 is 0 Å². The first kappa shape index (κ1) is 19.3. The van der Waals surface area contributed by atoms with Crippen molar-refractivity contribution in [2.45, 2.75) is 19.8 Å². The van der Waals surface area contributed by atoms with Crippen LogP contribution in [0.15, 0.2) is 26.5 Å². The minimum absolute atomic E-state index is 0.0390. The van der Waals surface area contributed by atoms with E-state index in [-0.39, 0.29) is 17.3 Å². The Morgan fingerprint density at radius 2 is 1.50 bits per heavy atom. The Bertz CT molecular complexity index is 1260. The fourth-order valence-corrected chi connectivity index (χ4v) is 2.50. The largest absolute Gasteiger partial charge is 0.448 e. The van der Waals surface area contributed by atoms with Crippen LogP contribution in [0.2, 0.25) is 0 Å². The van der Waals surface area contributed by atoms with Crippen LogP contribution in [0, 0.1) is 23.3 Å². The summed E-state index contributed by atoms with van der Waals surface area (Å²) in [4.78, 5) is 32.7. The summed E-state index contributed by atoms with van der Waals surface area (Å²) in [7, 11) is 0. The Kier molecular flexibility index (Phi) is 5.04. The number of hydrogen-bond acceptors (Lipinski definition) is 4. The molecule has 0 aliphatic carbocycles. The van der Waals surface area contributed by atoms with Gasteiger partial charge >= 0.3 is 0 Å². The maximum absolute atomic E-state index is 13.8. The summed E-state index contributed by atoms with van der Waals surface area (Å²) in [6, 6.07) is 0.0390. The van der Waals surface area contributed by atoms with E-state index in [1.807, 2.05) is 13.8 Å². The van der Waals surface area contributed by atoms with Gasteiger partial charge in [-0.25, -0.2) is 22.5 Å². The predicted molar refractivity (Wildman–Crippen MR) is 90.9 cm³/mol. The molecule has 2 N–H and O–H groups in total. The molecule has 6 nitrogen and oxygen atoms in total. The molecular formula is C18H13F4N3O3. The minimum atomic E-state index is -1.70. The van der Waals surface area contributed by atoms with Crippen LogP contribution in [0.5, 0.6) is 0 Å². The third-order valence-electron chi connectivity index (χ3n) is 3.85. The van der Waals surface area contributed by atoms with Gasteiger partial charge in [-0.1, -0.05) is 13.8 Å². The van der Waals surface area contributed by atoms with Crippen molar-refractivity contribution in [2.75, 3.05) is 0 Å². The molecule has 3 rings (SSSR count). The van der Waals surface area contributed by atoms with E-state index in [9.17, 15) is 27.2 Å². The van der Waals surface area contributed by atoms with Crippen LogP contribution in [0.1, 0.15) is 36.8 Å². The van der Waals surface area contributed by atoms with Crippen molar-refractivity contribution in [1.82, 2.24) is 15.0 Å². The van der Waals surface area contributed by atoms with Gasteiger partial charge in [0.05, 0.1) is 5.56 Å². The second kappa shape index (κ2) is 7.29. The van der Waals surface area contributed by atoms with Gasteiger partial charge in [0.25, 0.3) is 11.1 Å². The number of rotatable bonds is 3. The van der Waals surface area contributed by atoms with Crippen molar-refractivity contribution in [3.63, 3.8) is 0 Å². The van der Waals surface area contributed by atoms with Crippen molar-refractivity contribution < 1.29 is 22.0 Å². The molecule has 0 atom stereocenters. The highest BCUT2D eigenvalue weighted by Gasteiger charge is 2.17. The maximum atomic E-state index is 13.8.